The van der Waals surface area contributed by atoms with Gasteiger partial charge in [0.2, 0.25) is 5.82 Å². The van der Waals surface area contributed by atoms with E-state index >= 15 is 0 Å². The van der Waals surface area contributed by atoms with E-state index in [0.717, 1.165) is 5.56 Å². The van der Waals surface area contributed by atoms with Crippen LogP contribution in [0, 0.1) is 11.6 Å². The Balaban J connectivity index is 1.62. The third-order valence-electron chi connectivity index (χ3n) is 6.21. The largest absolute Gasteiger partial charge is 0.494 e. The number of amides is 1. The standard InChI is InChI=1S/C27H28F2N6O4/c1-4-15-13-16(5-6-17(15)26(36)34-19(9-10-30)27(37)39-3)33-24-25-32-14-20(35(25)12-11-31-24)18-7-8-21(38-2)23(29)22(18)28/h5-8,11-14,19H,4,9-10,30H2,1-3H3,(H,31,33)(H,34,36)/t19-/m0/s1. The van der Waals surface area contributed by atoms with E-state index in [9.17, 15) is 18.4 Å². The van der Waals surface area contributed by atoms with E-state index in [-0.39, 0.29) is 24.3 Å². The maximum absolute atomic E-state index is 14.8. The van der Waals surface area contributed by atoms with Gasteiger partial charge in [-0.15, -0.1) is 0 Å². The van der Waals surface area contributed by atoms with Gasteiger partial charge >= 0.3 is 5.97 Å². The highest BCUT2D eigenvalue weighted by atomic mass is 19.2. The minimum Gasteiger partial charge on any atom is -0.494 e. The Morgan fingerprint density at radius 3 is 2.62 bits per heavy atom. The van der Waals surface area contributed by atoms with E-state index in [0.29, 0.717) is 34.8 Å². The molecule has 0 unspecified atom stereocenters. The van der Waals surface area contributed by atoms with Crippen LogP contribution in [0.5, 0.6) is 5.75 Å². The molecule has 4 aromatic rings. The van der Waals surface area contributed by atoms with E-state index in [1.165, 1.54) is 38.7 Å². The number of esters is 1. The van der Waals surface area contributed by atoms with Crippen LogP contribution in [0.3, 0.4) is 0 Å². The van der Waals surface area contributed by atoms with Crippen LogP contribution in [0.4, 0.5) is 20.3 Å². The Morgan fingerprint density at radius 1 is 1.13 bits per heavy atom. The number of ether oxygens (including phenoxy) is 2. The molecular weight excluding hydrogens is 510 g/mol. The number of aryl methyl sites for hydroxylation is 1. The summed E-state index contributed by atoms with van der Waals surface area (Å²) in [6.45, 7) is 2.10. The minimum absolute atomic E-state index is 0.0153. The molecule has 204 valence electrons. The summed E-state index contributed by atoms with van der Waals surface area (Å²) < 4.78 is 40.3. The fourth-order valence-corrected chi connectivity index (χ4v) is 4.21. The summed E-state index contributed by atoms with van der Waals surface area (Å²) in [5.74, 6) is -2.96. The number of benzene rings is 2. The Kier molecular flexibility index (Phi) is 8.35. The van der Waals surface area contributed by atoms with E-state index in [4.69, 9.17) is 15.2 Å². The molecule has 0 bridgehead atoms. The number of aromatic nitrogens is 3. The lowest BCUT2D eigenvalue weighted by atomic mass is 10.0. The number of nitrogens with two attached hydrogens (primary N) is 1. The van der Waals surface area contributed by atoms with Crippen LogP contribution >= 0.6 is 0 Å². The molecule has 12 heteroatoms. The van der Waals surface area contributed by atoms with Gasteiger partial charge in [0.05, 0.1) is 26.1 Å². The molecule has 0 saturated heterocycles. The molecule has 0 radical (unpaired) electrons. The van der Waals surface area contributed by atoms with Gasteiger partial charge in [-0.2, -0.15) is 4.39 Å². The molecule has 39 heavy (non-hydrogen) atoms. The number of hydrogen-bond donors (Lipinski definition) is 3. The van der Waals surface area contributed by atoms with Crippen LogP contribution < -0.4 is 21.1 Å². The molecule has 10 nitrogen and oxygen atoms in total. The van der Waals surface area contributed by atoms with Gasteiger partial charge < -0.3 is 25.8 Å². The average Bonchev–Trinajstić information content (AvgIpc) is 3.38. The first kappa shape index (κ1) is 27.5. The van der Waals surface area contributed by atoms with Crippen LogP contribution in [0.15, 0.2) is 48.9 Å². The van der Waals surface area contributed by atoms with Gasteiger partial charge in [-0.05, 0) is 55.3 Å². The van der Waals surface area contributed by atoms with Gasteiger partial charge in [0.25, 0.3) is 5.91 Å². The number of fused-ring (bicyclic) bond motifs is 1. The molecule has 2 aromatic carbocycles. The van der Waals surface area contributed by atoms with Crippen molar-refractivity contribution >= 4 is 29.0 Å². The number of halogens is 2. The zero-order valence-corrected chi connectivity index (χ0v) is 21.6. The number of carbonyl (C=O) groups is 2. The molecule has 1 amide bonds. The van der Waals surface area contributed by atoms with Crippen molar-refractivity contribution in [1.82, 2.24) is 19.7 Å². The predicted molar refractivity (Wildman–Crippen MR) is 141 cm³/mol. The zero-order chi connectivity index (χ0) is 28.1. The van der Waals surface area contributed by atoms with Gasteiger partial charge in [-0.3, -0.25) is 9.20 Å². The first-order valence-corrected chi connectivity index (χ1v) is 12.2. The predicted octanol–water partition coefficient (Wildman–Crippen LogP) is 3.61. The molecule has 2 heterocycles. The highest BCUT2D eigenvalue weighted by molar-refractivity contribution is 5.98. The third kappa shape index (κ3) is 5.50. The summed E-state index contributed by atoms with van der Waals surface area (Å²) in [6, 6.07) is 7.04. The second-order valence-electron chi connectivity index (χ2n) is 8.53. The fourth-order valence-electron chi connectivity index (χ4n) is 4.21. The Morgan fingerprint density at radius 2 is 1.92 bits per heavy atom. The number of nitrogens with one attached hydrogen (secondary N) is 2. The molecule has 0 aliphatic rings. The molecule has 2 aromatic heterocycles. The lowest BCUT2D eigenvalue weighted by Gasteiger charge is -2.17. The average molecular weight is 539 g/mol. The van der Waals surface area contributed by atoms with Crippen molar-refractivity contribution in [2.45, 2.75) is 25.8 Å². The van der Waals surface area contributed by atoms with Crippen molar-refractivity contribution in [3.63, 3.8) is 0 Å². The summed E-state index contributed by atoms with van der Waals surface area (Å²) >= 11 is 0. The van der Waals surface area contributed by atoms with Gasteiger partial charge in [0.15, 0.2) is 23.0 Å². The number of hydrogen-bond acceptors (Lipinski definition) is 8. The van der Waals surface area contributed by atoms with Crippen LogP contribution in [0.2, 0.25) is 0 Å². The van der Waals surface area contributed by atoms with Crippen LogP contribution in [0.1, 0.15) is 29.3 Å². The topological polar surface area (TPSA) is 133 Å². The smallest absolute Gasteiger partial charge is 0.328 e. The first-order chi connectivity index (χ1) is 18.8. The summed E-state index contributed by atoms with van der Waals surface area (Å²) in [5, 5.41) is 5.86. The van der Waals surface area contributed by atoms with Crippen molar-refractivity contribution < 1.29 is 27.8 Å². The number of imidazole rings is 1. The molecular formula is C27H28F2N6O4. The van der Waals surface area contributed by atoms with E-state index in [1.807, 2.05) is 6.92 Å². The Bertz CT molecular complexity index is 1520. The molecule has 1 atom stereocenters. The second-order valence-corrected chi connectivity index (χ2v) is 8.53. The highest BCUT2D eigenvalue weighted by Crippen LogP contribution is 2.31. The monoisotopic (exact) mass is 538 g/mol. The highest BCUT2D eigenvalue weighted by Gasteiger charge is 2.23. The number of methoxy groups -OCH3 is 2. The first-order valence-electron chi connectivity index (χ1n) is 12.2. The van der Waals surface area contributed by atoms with E-state index in [1.54, 1.807) is 28.8 Å². The molecule has 0 spiro atoms. The van der Waals surface area contributed by atoms with Gasteiger partial charge in [0, 0.05) is 29.2 Å². The molecule has 0 saturated carbocycles. The lowest BCUT2D eigenvalue weighted by Crippen LogP contribution is -2.43. The Labute approximate surface area is 223 Å². The van der Waals surface area contributed by atoms with Crippen molar-refractivity contribution in [3.8, 4) is 17.0 Å². The normalized spacial score (nSPS) is 11.7. The van der Waals surface area contributed by atoms with Crippen molar-refractivity contribution in [2.24, 2.45) is 5.73 Å². The molecule has 4 rings (SSSR count). The summed E-state index contributed by atoms with van der Waals surface area (Å²) in [6.07, 6.45) is 5.30. The molecule has 0 aliphatic carbocycles. The quantitative estimate of drug-likeness (QED) is 0.261. The summed E-state index contributed by atoms with van der Waals surface area (Å²) in [7, 11) is 2.51. The fraction of sp³-hybridized carbons (Fsp3) is 0.259. The van der Waals surface area contributed by atoms with Crippen LogP contribution in [-0.4, -0.2) is 53.1 Å². The third-order valence-corrected chi connectivity index (χ3v) is 6.21. The molecule has 0 fully saturated rings. The van der Waals surface area contributed by atoms with Crippen LogP contribution in [0.25, 0.3) is 16.9 Å². The molecule has 4 N–H and O–H groups in total. The number of rotatable bonds is 10. The number of anilines is 2. The van der Waals surface area contributed by atoms with Gasteiger partial charge in [0.1, 0.15) is 6.04 Å². The van der Waals surface area contributed by atoms with Gasteiger partial charge in [-0.25, -0.2) is 19.2 Å². The maximum atomic E-state index is 14.8. The zero-order valence-electron chi connectivity index (χ0n) is 21.6. The maximum Gasteiger partial charge on any atom is 0.328 e. The second kappa shape index (κ2) is 11.9. The van der Waals surface area contributed by atoms with Crippen molar-refractivity contribution in [2.75, 3.05) is 26.1 Å². The number of nitrogens with zero attached hydrogens (tertiary/aromatic N) is 3. The Hall–Kier alpha value is -4.58. The van der Waals surface area contributed by atoms with Gasteiger partial charge in [-0.1, -0.05) is 6.92 Å². The van der Waals surface area contributed by atoms with E-state index in [2.05, 4.69) is 20.6 Å². The minimum atomic E-state index is -1.09. The van der Waals surface area contributed by atoms with Crippen molar-refractivity contribution in [1.29, 1.82) is 0 Å². The summed E-state index contributed by atoms with van der Waals surface area (Å²) in [5.41, 5.74) is 8.04. The summed E-state index contributed by atoms with van der Waals surface area (Å²) in [4.78, 5) is 33.6. The SMILES string of the molecule is CCc1cc(Nc2nccn3c(-c4ccc(OC)c(F)c4F)cnc23)ccc1C(=O)N[C@@H](CCN)C(=O)OC. The van der Waals surface area contributed by atoms with Crippen LogP contribution in [-0.2, 0) is 16.0 Å². The number of carbonyl (C=O) groups excluding carboxylic acids is 2. The van der Waals surface area contributed by atoms with E-state index < -0.39 is 29.6 Å². The van der Waals surface area contributed by atoms with Crippen molar-refractivity contribution in [3.05, 3.63) is 71.7 Å². The molecule has 0 aliphatic heterocycles. The lowest BCUT2D eigenvalue weighted by molar-refractivity contribution is -0.143.